The maximum atomic E-state index is 15.1. The molecule has 0 saturated carbocycles. The van der Waals surface area contributed by atoms with E-state index in [-0.39, 0.29) is 48.7 Å². The maximum absolute atomic E-state index is 15.1. The number of aryl methyl sites for hydroxylation is 2. The number of nitrogens with zero attached hydrogens (tertiary/aromatic N) is 2. The van der Waals surface area contributed by atoms with Gasteiger partial charge < -0.3 is 29.7 Å². The van der Waals surface area contributed by atoms with Crippen LogP contribution >= 0.6 is 15.9 Å². The lowest BCUT2D eigenvalue weighted by atomic mass is 9.70. The summed E-state index contributed by atoms with van der Waals surface area (Å²) in [5.74, 6) is -3.92. The van der Waals surface area contributed by atoms with E-state index in [1.807, 2.05) is 76.2 Å². The number of para-hydroxylation sites is 1. The van der Waals surface area contributed by atoms with Crippen molar-refractivity contribution in [2.45, 2.75) is 81.7 Å². The van der Waals surface area contributed by atoms with Crippen LogP contribution in [-0.2, 0) is 28.7 Å². The molecule has 268 valence electrons. The van der Waals surface area contributed by atoms with Crippen molar-refractivity contribution in [3.63, 3.8) is 0 Å². The summed E-state index contributed by atoms with van der Waals surface area (Å²) in [6, 6.07) is 13.1. The van der Waals surface area contributed by atoms with Gasteiger partial charge in [-0.05, 0) is 49.3 Å². The quantitative estimate of drug-likeness (QED) is 0.150. The maximum Gasteiger partial charge on any atom is 0.313 e. The molecule has 0 aliphatic carbocycles. The van der Waals surface area contributed by atoms with Gasteiger partial charge in [0, 0.05) is 23.5 Å². The molecule has 0 radical (unpaired) electrons. The van der Waals surface area contributed by atoms with Crippen LogP contribution < -0.4 is 10.2 Å². The zero-order valence-corrected chi connectivity index (χ0v) is 30.8. The van der Waals surface area contributed by atoms with E-state index in [2.05, 4.69) is 34.4 Å². The lowest BCUT2D eigenvalue weighted by Gasteiger charge is -2.41. The second kappa shape index (κ2) is 15.6. The normalized spacial score (nSPS) is 26.3. The lowest BCUT2D eigenvalue weighted by Crippen LogP contribution is -2.60. The molecule has 8 atom stereocenters. The van der Waals surface area contributed by atoms with E-state index in [0.717, 1.165) is 16.8 Å². The summed E-state index contributed by atoms with van der Waals surface area (Å²) >= 11 is 3.74. The highest BCUT2D eigenvalue weighted by molar-refractivity contribution is 9.09. The van der Waals surface area contributed by atoms with Crippen molar-refractivity contribution in [3.05, 3.63) is 90.5 Å². The molecule has 2 bridgehead atoms. The van der Waals surface area contributed by atoms with E-state index >= 15 is 4.79 Å². The van der Waals surface area contributed by atoms with Crippen LogP contribution in [0.2, 0.25) is 0 Å². The zero-order valence-electron chi connectivity index (χ0n) is 29.2. The number of rotatable bonds is 15. The van der Waals surface area contributed by atoms with Crippen LogP contribution in [0.4, 0.5) is 5.69 Å². The topological polar surface area (TPSA) is 125 Å². The molecule has 0 aromatic heterocycles. The Labute approximate surface area is 303 Å². The Kier molecular flexibility index (Phi) is 11.7. The molecule has 3 heterocycles. The Morgan fingerprint density at radius 1 is 1.12 bits per heavy atom. The molecule has 1 unspecified atom stereocenters. The molecule has 50 heavy (non-hydrogen) atoms. The summed E-state index contributed by atoms with van der Waals surface area (Å²) in [7, 11) is 0. The van der Waals surface area contributed by atoms with Crippen molar-refractivity contribution in [1.82, 2.24) is 10.2 Å². The van der Waals surface area contributed by atoms with Gasteiger partial charge in [-0.3, -0.25) is 19.2 Å². The van der Waals surface area contributed by atoms with Crippen LogP contribution in [0.15, 0.2) is 73.8 Å². The number of aliphatic hydroxyl groups excluding tert-OH is 1. The Bertz CT molecular complexity index is 1600. The number of hydrogen-bond acceptors (Lipinski definition) is 7. The Balaban J connectivity index is 1.55. The number of alkyl halides is 1. The van der Waals surface area contributed by atoms with E-state index in [1.165, 1.54) is 4.90 Å². The molecule has 2 N–H and O–H groups in total. The van der Waals surface area contributed by atoms with Crippen molar-refractivity contribution < 1.29 is 33.8 Å². The molecule has 10 nitrogen and oxygen atoms in total. The molecule has 3 fully saturated rings. The largest absolute Gasteiger partial charge is 0.455 e. The Morgan fingerprint density at radius 2 is 1.80 bits per heavy atom. The molecule has 5 rings (SSSR count). The molecule has 2 aromatic rings. The van der Waals surface area contributed by atoms with Gasteiger partial charge in [-0.1, -0.05) is 90.5 Å². The van der Waals surface area contributed by atoms with Gasteiger partial charge in [0.1, 0.15) is 17.7 Å². The fourth-order valence-electron chi connectivity index (χ4n) is 8.04. The highest BCUT2D eigenvalue weighted by Gasteiger charge is 2.77. The number of hydrogen-bond donors (Lipinski definition) is 2. The van der Waals surface area contributed by atoms with E-state index < -0.39 is 53.6 Å². The van der Waals surface area contributed by atoms with Crippen LogP contribution in [0.1, 0.15) is 55.9 Å². The molecular weight excluding hydrogens is 702 g/mol. The number of anilines is 1. The van der Waals surface area contributed by atoms with Gasteiger partial charge in [0.25, 0.3) is 5.91 Å². The second-order valence-electron chi connectivity index (χ2n) is 13.8. The minimum absolute atomic E-state index is 0.0327. The number of esters is 1. The van der Waals surface area contributed by atoms with Crippen molar-refractivity contribution in [2.75, 3.05) is 24.6 Å². The van der Waals surface area contributed by atoms with Gasteiger partial charge in [-0.2, -0.15) is 0 Å². The second-order valence-corrected chi connectivity index (χ2v) is 15.0. The number of carbonyl (C=O) groups excluding carboxylic acids is 4. The summed E-state index contributed by atoms with van der Waals surface area (Å²) < 4.78 is 12.9. The SMILES string of the molecule is C=CCCC(=O)NC[C@@H](OC(=O)[C@@H]1[C@H]2O[C@@]3(CC2Br)[C@H](C(=O)N(CC=C)c2c(C)cccc2C)N([C@@H](CO)C(C)C)C(=O)[C@@H]13)c1ccccc1. The third-order valence-corrected chi connectivity index (χ3v) is 11.2. The van der Waals surface area contributed by atoms with Gasteiger partial charge in [0.2, 0.25) is 11.8 Å². The van der Waals surface area contributed by atoms with Crippen LogP contribution in [0.3, 0.4) is 0 Å². The minimum atomic E-state index is -1.36. The highest BCUT2D eigenvalue weighted by atomic mass is 79.9. The molecule has 3 aliphatic heterocycles. The van der Waals surface area contributed by atoms with E-state index in [0.29, 0.717) is 18.4 Å². The first-order valence-corrected chi connectivity index (χ1v) is 18.2. The summed E-state index contributed by atoms with van der Waals surface area (Å²) in [4.78, 5) is 59.5. The molecule has 11 heteroatoms. The first-order chi connectivity index (χ1) is 23.9. The Morgan fingerprint density at radius 3 is 2.40 bits per heavy atom. The summed E-state index contributed by atoms with van der Waals surface area (Å²) in [6.07, 6.45) is 2.79. The summed E-state index contributed by atoms with van der Waals surface area (Å²) in [6.45, 7) is 15.1. The molecule has 3 aliphatic rings. The number of amides is 3. The number of carbonyl (C=O) groups is 4. The minimum Gasteiger partial charge on any atom is -0.455 e. The molecule has 1 spiro atoms. The van der Waals surface area contributed by atoms with Crippen LogP contribution in [0, 0.1) is 31.6 Å². The standard InChI is InChI=1S/C39H48BrN3O7/c1-7-9-18-30(45)41-21-29(26-16-11-10-12-17-26)49-38(48)31-32-36(46)43(28(22-44)23(3)4)35(39(32)20-27(40)34(31)50-39)37(47)42(19-8-2)33-24(5)14-13-15-25(33)6/h7-8,10-17,23,27-29,31-32,34-35,44H,1-2,9,18-22H2,3-6H3,(H,41,45)/t27?,28-,29+,31-,32+,34-,35-,39+/m0/s1. The lowest BCUT2D eigenvalue weighted by molar-refractivity contribution is -0.161. The number of likely N-dealkylation sites (tertiary alicyclic amines) is 1. The van der Waals surface area contributed by atoms with Crippen molar-refractivity contribution in [1.29, 1.82) is 0 Å². The van der Waals surface area contributed by atoms with Gasteiger partial charge in [-0.15, -0.1) is 13.2 Å². The molecular formula is C39H48BrN3O7. The number of halogens is 1. The fraction of sp³-hybridized carbons (Fsp3) is 0.487. The van der Waals surface area contributed by atoms with Crippen molar-refractivity contribution >= 4 is 45.3 Å². The van der Waals surface area contributed by atoms with Crippen LogP contribution in [-0.4, -0.2) is 82.0 Å². The van der Waals surface area contributed by atoms with Crippen LogP contribution in [0.5, 0.6) is 0 Å². The van der Waals surface area contributed by atoms with Crippen molar-refractivity contribution in [3.8, 4) is 0 Å². The monoisotopic (exact) mass is 749 g/mol. The fourth-order valence-corrected chi connectivity index (χ4v) is 8.98. The molecule has 2 aromatic carbocycles. The van der Waals surface area contributed by atoms with Crippen molar-refractivity contribution in [2.24, 2.45) is 17.8 Å². The first kappa shape index (κ1) is 37.5. The van der Waals surface area contributed by atoms with Crippen LogP contribution in [0.25, 0.3) is 0 Å². The Hall–Kier alpha value is -3.80. The predicted molar refractivity (Wildman–Crippen MR) is 194 cm³/mol. The summed E-state index contributed by atoms with van der Waals surface area (Å²) in [5, 5.41) is 13.5. The number of benzene rings is 2. The number of aliphatic hydroxyl groups is 1. The highest BCUT2D eigenvalue weighted by Crippen LogP contribution is 2.61. The van der Waals surface area contributed by atoms with E-state index in [9.17, 15) is 19.5 Å². The smallest absolute Gasteiger partial charge is 0.313 e. The van der Waals surface area contributed by atoms with Gasteiger partial charge in [-0.25, -0.2) is 0 Å². The zero-order chi connectivity index (χ0) is 36.3. The number of nitrogens with one attached hydrogen (secondary N) is 1. The van der Waals surface area contributed by atoms with Gasteiger partial charge >= 0.3 is 5.97 Å². The van der Waals surface area contributed by atoms with E-state index in [1.54, 1.807) is 17.1 Å². The summed E-state index contributed by atoms with van der Waals surface area (Å²) in [5.41, 5.74) is 1.80. The number of allylic oxidation sites excluding steroid dienone is 1. The molecule has 3 amide bonds. The molecule has 3 saturated heterocycles. The third-order valence-electron chi connectivity index (χ3n) is 10.3. The van der Waals surface area contributed by atoms with Gasteiger partial charge in [0.05, 0.1) is 37.1 Å². The third kappa shape index (κ3) is 6.79. The average Bonchev–Trinajstić information content (AvgIpc) is 3.68. The van der Waals surface area contributed by atoms with E-state index in [4.69, 9.17) is 9.47 Å². The van der Waals surface area contributed by atoms with Gasteiger partial charge in [0.15, 0.2) is 0 Å². The number of ether oxygens (including phenoxy) is 2. The number of fused-ring (bicyclic) bond motifs is 1. The average molecular weight is 751 g/mol. The first-order valence-electron chi connectivity index (χ1n) is 17.3. The predicted octanol–water partition coefficient (Wildman–Crippen LogP) is 4.95.